The van der Waals surface area contributed by atoms with Crippen molar-refractivity contribution in [3.05, 3.63) is 39.2 Å². The fourth-order valence-electron chi connectivity index (χ4n) is 2.65. The summed E-state index contributed by atoms with van der Waals surface area (Å²) in [5.41, 5.74) is 1.02. The Morgan fingerprint density at radius 1 is 1.41 bits per heavy atom. The standard InChI is InChI=1S/C16H18BrN3OS/c1-2-19-6-8-20(9-7-19)16-18-15(21)14(22-16)11-12-4-3-5-13(17)10-12/h3-5,10-11H,2,6-9H2,1H3/p+1/b14-11-. The summed E-state index contributed by atoms with van der Waals surface area (Å²) in [6.07, 6.45) is 1.92. The van der Waals surface area contributed by atoms with Crippen molar-refractivity contribution < 1.29 is 9.69 Å². The van der Waals surface area contributed by atoms with E-state index in [1.165, 1.54) is 18.3 Å². The minimum absolute atomic E-state index is 0.120. The summed E-state index contributed by atoms with van der Waals surface area (Å²) in [6, 6.07) is 7.94. The maximum atomic E-state index is 12.1. The van der Waals surface area contributed by atoms with E-state index in [-0.39, 0.29) is 5.91 Å². The molecule has 0 saturated carbocycles. The molecule has 0 radical (unpaired) electrons. The lowest BCUT2D eigenvalue weighted by Gasteiger charge is -2.32. The van der Waals surface area contributed by atoms with Crippen LogP contribution in [0.4, 0.5) is 0 Å². The molecule has 0 spiro atoms. The van der Waals surface area contributed by atoms with Crippen molar-refractivity contribution in [1.82, 2.24) is 4.90 Å². The molecule has 2 heterocycles. The van der Waals surface area contributed by atoms with Crippen LogP contribution in [0.2, 0.25) is 0 Å². The van der Waals surface area contributed by atoms with Crippen molar-refractivity contribution in [2.24, 2.45) is 4.99 Å². The van der Waals surface area contributed by atoms with Crippen LogP contribution >= 0.6 is 27.7 Å². The minimum atomic E-state index is -0.120. The second-order valence-corrected chi connectivity index (χ2v) is 7.38. The first-order valence-corrected chi connectivity index (χ1v) is 9.13. The fourth-order valence-corrected chi connectivity index (χ4v) is 4.03. The molecule has 2 aliphatic rings. The Balaban J connectivity index is 1.69. The lowest BCUT2D eigenvalue weighted by atomic mass is 10.2. The van der Waals surface area contributed by atoms with E-state index in [4.69, 9.17) is 0 Å². The van der Waals surface area contributed by atoms with Gasteiger partial charge in [-0.05, 0) is 42.5 Å². The van der Waals surface area contributed by atoms with Crippen LogP contribution in [0.25, 0.3) is 6.08 Å². The van der Waals surface area contributed by atoms with Gasteiger partial charge in [-0.2, -0.15) is 4.99 Å². The molecule has 4 nitrogen and oxygen atoms in total. The quantitative estimate of drug-likeness (QED) is 0.792. The molecule has 1 fully saturated rings. The Hall–Kier alpha value is -1.11. The summed E-state index contributed by atoms with van der Waals surface area (Å²) >= 11 is 4.95. The van der Waals surface area contributed by atoms with Crippen molar-refractivity contribution in [3.63, 3.8) is 0 Å². The number of carbonyl (C=O) groups is 1. The van der Waals surface area contributed by atoms with Gasteiger partial charge in [0.15, 0.2) is 5.17 Å². The van der Waals surface area contributed by atoms with E-state index in [1.807, 2.05) is 30.3 Å². The first kappa shape index (κ1) is 15.8. The Morgan fingerprint density at radius 3 is 2.86 bits per heavy atom. The number of rotatable bonds is 2. The molecule has 0 atom stereocenters. The minimum Gasteiger partial charge on any atom is -0.339 e. The van der Waals surface area contributed by atoms with Gasteiger partial charge in [-0.3, -0.25) is 4.79 Å². The third-order valence-electron chi connectivity index (χ3n) is 4.00. The highest BCUT2D eigenvalue weighted by Gasteiger charge is 2.29. The molecule has 1 aromatic carbocycles. The van der Waals surface area contributed by atoms with Gasteiger partial charge in [0.1, 0.15) is 0 Å². The number of piperazine rings is 1. The van der Waals surface area contributed by atoms with Crippen LogP contribution in [0.5, 0.6) is 0 Å². The van der Waals surface area contributed by atoms with Crippen LogP contribution in [0.3, 0.4) is 0 Å². The highest BCUT2D eigenvalue weighted by atomic mass is 79.9. The molecule has 0 bridgehead atoms. The van der Waals surface area contributed by atoms with Gasteiger partial charge in [0.25, 0.3) is 5.91 Å². The number of aliphatic imine (C=N–C) groups is 1. The van der Waals surface area contributed by atoms with Crippen LogP contribution in [0.15, 0.2) is 38.6 Å². The van der Waals surface area contributed by atoms with Gasteiger partial charge in [-0.1, -0.05) is 28.1 Å². The number of likely N-dealkylation sites (N-methyl/N-ethyl adjacent to an activating group) is 1. The summed E-state index contributed by atoms with van der Waals surface area (Å²) < 4.78 is 1.01. The average molecular weight is 381 g/mol. The molecule has 1 saturated heterocycles. The highest BCUT2D eigenvalue weighted by Crippen LogP contribution is 2.30. The number of carbonyl (C=O) groups excluding carboxylic acids is 1. The molecule has 3 rings (SSSR count). The molecule has 0 aromatic heterocycles. The number of thioether (sulfide) groups is 1. The van der Waals surface area contributed by atoms with E-state index < -0.39 is 0 Å². The summed E-state index contributed by atoms with van der Waals surface area (Å²) in [5.74, 6) is -0.120. The van der Waals surface area contributed by atoms with Gasteiger partial charge in [-0.15, -0.1) is 0 Å². The molecule has 22 heavy (non-hydrogen) atoms. The Bertz CT molecular complexity index is 636. The van der Waals surface area contributed by atoms with Crippen LogP contribution < -0.4 is 4.90 Å². The zero-order valence-corrected chi connectivity index (χ0v) is 14.9. The largest absolute Gasteiger partial charge is 0.339 e. The predicted octanol–water partition coefficient (Wildman–Crippen LogP) is 1.64. The summed E-state index contributed by atoms with van der Waals surface area (Å²) in [4.78, 5) is 20.9. The third-order valence-corrected chi connectivity index (χ3v) is 5.53. The Kier molecular flexibility index (Phi) is 5.00. The van der Waals surface area contributed by atoms with E-state index in [2.05, 4.69) is 32.7 Å². The predicted molar refractivity (Wildman–Crippen MR) is 95.0 cm³/mol. The van der Waals surface area contributed by atoms with E-state index >= 15 is 0 Å². The number of amides is 1. The van der Waals surface area contributed by atoms with Gasteiger partial charge in [-0.25, -0.2) is 0 Å². The van der Waals surface area contributed by atoms with Crippen molar-refractivity contribution in [1.29, 1.82) is 0 Å². The highest BCUT2D eigenvalue weighted by molar-refractivity contribution is 9.10. The van der Waals surface area contributed by atoms with Gasteiger partial charge in [0.2, 0.25) is 0 Å². The van der Waals surface area contributed by atoms with Crippen LogP contribution in [-0.2, 0) is 4.79 Å². The lowest BCUT2D eigenvalue weighted by Crippen LogP contribution is -3.14. The molecule has 0 aliphatic carbocycles. The molecule has 2 aliphatic heterocycles. The topological polar surface area (TPSA) is 37.1 Å². The molecular formula is C16H19BrN3OS+. The first-order chi connectivity index (χ1) is 10.7. The van der Waals surface area contributed by atoms with Crippen molar-refractivity contribution >= 4 is 44.8 Å². The fraction of sp³-hybridized carbons (Fsp3) is 0.375. The van der Waals surface area contributed by atoms with Crippen molar-refractivity contribution in [2.75, 3.05) is 32.7 Å². The lowest BCUT2D eigenvalue weighted by molar-refractivity contribution is -0.902. The molecule has 1 aromatic rings. The Morgan fingerprint density at radius 2 is 2.18 bits per heavy atom. The molecular weight excluding hydrogens is 362 g/mol. The maximum absolute atomic E-state index is 12.1. The summed E-state index contributed by atoms with van der Waals surface area (Å²) in [6.45, 7) is 7.58. The Labute approximate surface area is 143 Å². The number of amidine groups is 1. The average Bonchev–Trinajstić information content (AvgIpc) is 2.88. The van der Waals surface area contributed by atoms with E-state index in [9.17, 15) is 4.79 Å². The summed E-state index contributed by atoms with van der Waals surface area (Å²) in [5, 5.41) is 0.862. The van der Waals surface area contributed by atoms with Gasteiger partial charge in [0, 0.05) is 4.47 Å². The normalized spacial score (nSPS) is 21.5. The van der Waals surface area contributed by atoms with Gasteiger partial charge in [0.05, 0.1) is 37.6 Å². The number of quaternary nitrogens is 1. The molecule has 0 unspecified atom stereocenters. The van der Waals surface area contributed by atoms with Gasteiger partial charge >= 0.3 is 0 Å². The second-order valence-electron chi connectivity index (χ2n) is 5.46. The van der Waals surface area contributed by atoms with Crippen LogP contribution in [-0.4, -0.2) is 48.7 Å². The first-order valence-electron chi connectivity index (χ1n) is 7.52. The second kappa shape index (κ2) is 6.98. The monoisotopic (exact) mass is 380 g/mol. The van der Waals surface area contributed by atoms with Gasteiger partial charge < -0.3 is 9.80 Å². The number of hydrogen-bond donors (Lipinski definition) is 1. The van der Waals surface area contributed by atoms with E-state index in [0.29, 0.717) is 4.91 Å². The summed E-state index contributed by atoms with van der Waals surface area (Å²) in [7, 11) is 0. The van der Waals surface area contributed by atoms with Crippen LogP contribution in [0.1, 0.15) is 12.5 Å². The molecule has 1 N–H and O–H groups in total. The number of halogens is 1. The SMILES string of the molecule is CC[NH+]1CCN(C2=NC(=O)/C(=C/c3cccc(Br)c3)S2)CC1. The molecule has 6 heteroatoms. The maximum Gasteiger partial charge on any atom is 0.286 e. The zero-order valence-electron chi connectivity index (χ0n) is 12.5. The number of nitrogens with one attached hydrogen (secondary N) is 1. The van der Waals surface area contributed by atoms with E-state index in [1.54, 1.807) is 4.90 Å². The van der Waals surface area contributed by atoms with Crippen LogP contribution in [0, 0.1) is 0 Å². The van der Waals surface area contributed by atoms with E-state index in [0.717, 1.165) is 41.4 Å². The van der Waals surface area contributed by atoms with Crippen molar-refractivity contribution in [3.8, 4) is 0 Å². The molecule has 116 valence electrons. The third kappa shape index (κ3) is 3.62. The number of hydrogen-bond acceptors (Lipinski definition) is 3. The number of nitrogens with zero attached hydrogens (tertiary/aromatic N) is 2. The smallest absolute Gasteiger partial charge is 0.286 e. The van der Waals surface area contributed by atoms with Crippen molar-refractivity contribution in [2.45, 2.75) is 6.92 Å². The number of benzene rings is 1. The zero-order chi connectivity index (χ0) is 15.5. The molecule has 1 amide bonds.